The van der Waals surface area contributed by atoms with Crippen molar-refractivity contribution in [2.45, 2.75) is 31.5 Å². The molecule has 3 aromatic rings. The predicted octanol–water partition coefficient (Wildman–Crippen LogP) is 3.76. The number of nitrogens with zero attached hydrogens (tertiary/aromatic N) is 3. The van der Waals surface area contributed by atoms with E-state index in [0.29, 0.717) is 0 Å². The van der Waals surface area contributed by atoms with E-state index in [2.05, 4.69) is 0 Å². The van der Waals surface area contributed by atoms with Crippen molar-refractivity contribution < 1.29 is 9.53 Å². The van der Waals surface area contributed by atoms with E-state index in [1.54, 1.807) is 0 Å². The largest absolute Gasteiger partial charge is 0.370 e. The Labute approximate surface area is 159 Å². The van der Waals surface area contributed by atoms with Gasteiger partial charge in [0.1, 0.15) is 11.9 Å². The summed E-state index contributed by atoms with van der Waals surface area (Å²) in [6.45, 7) is 1.04. The van der Waals surface area contributed by atoms with Gasteiger partial charge in [-0.15, -0.1) is 0 Å². The normalized spacial score (nSPS) is 18.3. The predicted molar refractivity (Wildman–Crippen MR) is 106 cm³/mol. The lowest BCUT2D eigenvalue weighted by Gasteiger charge is -2.24. The summed E-state index contributed by atoms with van der Waals surface area (Å²) in [7, 11) is 3.89. The fourth-order valence-electron chi connectivity index (χ4n) is 3.94. The van der Waals surface area contributed by atoms with E-state index < -0.39 is 0 Å². The van der Waals surface area contributed by atoms with Gasteiger partial charge in [0.2, 0.25) is 0 Å². The van der Waals surface area contributed by atoms with Gasteiger partial charge < -0.3 is 9.30 Å². The summed E-state index contributed by atoms with van der Waals surface area (Å²) in [5.41, 5.74) is 2.91. The van der Waals surface area contributed by atoms with Crippen molar-refractivity contribution in [3.05, 3.63) is 66.0 Å². The molecule has 0 aliphatic carbocycles. The third-order valence-electron chi connectivity index (χ3n) is 5.15. The molecule has 0 radical (unpaired) electrons. The number of hydrogen-bond donors (Lipinski definition) is 0. The summed E-state index contributed by atoms with van der Waals surface area (Å²) in [4.78, 5) is 20.1. The molecule has 1 aliphatic rings. The van der Waals surface area contributed by atoms with Crippen LogP contribution in [0.3, 0.4) is 0 Å². The number of aromatic nitrogens is 2. The standard InChI is InChI=1S/C22H25N3O2/c1-24(2)21(16-9-4-3-5-10-16)19(26)15-25-18-12-7-6-11-17(18)23-22(25)20-13-8-14-27-20/h3-7,9-12,20-21H,8,13-15H2,1-2H3/t20-,21+/m0/s1. The number of ketones is 1. The minimum absolute atomic E-state index is 0.0280. The molecule has 1 aromatic heterocycles. The van der Waals surface area contributed by atoms with Crippen LogP contribution in [-0.2, 0) is 16.1 Å². The number of rotatable bonds is 6. The molecule has 27 heavy (non-hydrogen) atoms. The highest BCUT2D eigenvalue weighted by Gasteiger charge is 2.28. The zero-order chi connectivity index (χ0) is 18.8. The summed E-state index contributed by atoms with van der Waals surface area (Å²) in [5.74, 6) is 1.02. The van der Waals surface area contributed by atoms with Crippen molar-refractivity contribution in [1.82, 2.24) is 14.5 Å². The van der Waals surface area contributed by atoms with E-state index in [-0.39, 0.29) is 24.5 Å². The van der Waals surface area contributed by atoms with Gasteiger partial charge in [-0.2, -0.15) is 0 Å². The van der Waals surface area contributed by atoms with E-state index in [0.717, 1.165) is 41.9 Å². The van der Waals surface area contributed by atoms with E-state index in [9.17, 15) is 4.79 Å². The minimum atomic E-state index is -0.287. The average molecular weight is 363 g/mol. The smallest absolute Gasteiger partial charge is 0.174 e. The van der Waals surface area contributed by atoms with Crippen molar-refractivity contribution in [3.8, 4) is 0 Å². The zero-order valence-corrected chi connectivity index (χ0v) is 15.8. The van der Waals surface area contributed by atoms with Crippen LogP contribution in [0.25, 0.3) is 11.0 Å². The van der Waals surface area contributed by atoms with Crippen LogP contribution in [0.4, 0.5) is 0 Å². The van der Waals surface area contributed by atoms with Gasteiger partial charge in [0.05, 0.1) is 23.6 Å². The molecule has 5 nitrogen and oxygen atoms in total. The molecule has 0 unspecified atom stereocenters. The Bertz CT molecular complexity index is 927. The second-order valence-corrected chi connectivity index (χ2v) is 7.29. The van der Waals surface area contributed by atoms with Crippen LogP contribution >= 0.6 is 0 Å². The van der Waals surface area contributed by atoms with E-state index in [1.807, 2.05) is 78.2 Å². The van der Waals surface area contributed by atoms with Crippen LogP contribution in [0.1, 0.15) is 36.4 Å². The monoisotopic (exact) mass is 363 g/mol. The van der Waals surface area contributed by atoms with Gasteiger partial charge in [-0.3, -0.25) is 9.69 Å². The maximum Gasteiger partial charge on any atom is 0.174 e. The highest BCUT2D eigenvalue weighted by atomic mass is 16.5. The van der Waals surface area contributed by atoms with Crippen molar-refractivity contribution in [1.29, 1.82) is 0 Å². The highest BCUT2D eigenvalue weighted by Crippen LogP contribution is 2.31. The van der Waals surface area contributed by atoms with Crippen molar-refractivity contribution in [2.75, 3.05) is 20.7 Å². The minimum Gasteiger partial charge on any atom is -0.370 e. The first-order valence-electron chi connectivity index (χ1n) is 9.46. The van der Waals surface area contributed by atoms with Crippen molar-refractivity contribution in [3.63, 3.8) is 0 Å². The number of carbonyl (C=O) groups excluding carboxylic acids is 1. The Morgan fingerprint density at radius 1 is 1.19 bits per heavy atom. The summed E-state index contributed by atoms with van der Waals surface area (Å²) in [6.07, 6.45) is 1.96. The van der Waals surface area contributed by atoms with Gasteiger partial charge in [0, 0.05) is 6.61 Å². The van der Waals surface area contributed by atoms with Crippen molar-refractivity contribution in [2.24, 2.45) is 0 Å². The molecule has 0 saturated carbocycles. The highest BCUT2D eigenvalue weighted by molar-refractivity contribution is 5.87. The van der Waals surface area contributed by atoms with Crippen LogP contribution in [0.15, 0.2) is 54.6 Å². The molecule has 4 rings (SSSR count). The number of Topliss-reactive ketones (excluding diaryl/α,β-unsaturated/α-hetero) is 1. The molecular formula is C22H25N3O2. The van der Waals surface area contributed by atoms with E-state index >= 15 is 0 Å². The Morgan fingerprint density at radius 2 is 1.93 bits per heavy atom. The average Bonchev–Trinajstić information content (AvgIpc) is 3.31. The second-order valence-electron chi connectivity index (χ2n) is 7.29. The first kappa shape index (κ1) is 17.9. The Kier molecular flexibility index (Phi) is 5.05. The van der Waals surface area contributed by atoms with E-state index in [1.165, 1.54) is 0 Å². The summed E-state index contributed by atoms with van der Waals surface area (Å²) < 4.78 is 7.93. The zero-order valence-electron chi connectivity index (χ0n) is 15.8. The topological polar surface area (TPSA) is 47.4 Å². The van der Waals surface area contributed by atoms with Gasteiger partial charge in [0.15, 0.2) is 5.78 Å². The molecule has 0 bridgehead atoms. The second kappa shape index (κ2) is 7.62. The third kappa shape index (κ3) is 3.53. The maximum atomic E-state index is 13.3. The van der Waals surface area contributed by atoms with Crippen LogP contribution in [-0.4, -0.2) is 40.9 Å². The molecule has 1 aliphatic heterocycles. The lowest BCUT2D eigenvalue weighted by molar-refractivity contribution is -0.124. The quantitative estimate of drug-likeness (QED) is 0.669. The third-order valence-corrected chi connectivity index (χ3v) is 5.15. The van der Waals surface area contributed by atoms with Crippen molar-refractivity contribution >= 4 is 16.8 Å². The maximum absolute atomic E-state index is 13.3. The fourth-order valence-corrected chi connectivity index (χ4v) is 3.94. The van der Waals surface area contributed by atoms with Gasteiger partial charge >= 0.3 is 0 Å². The number of fused-ring (bicyclic) bond motifs is 1. The molecular weight excluding hydrogens is 338 g/mol. The number of ether oxygens (including phenoxy) is 1. The molecule has 0 amide bonds. The van der Waals surface area contributed by atoms with Crippen LogP contribution in [0.2, 0.25) is 0 Å². The molecule has 2 atom stereocenters. The van der Waals surface area contributed by atoms with Gasteiger partial charge in [-0.05, 0) is 44.6 Å². The lowest BCUT2D eigenvalue weighted by atomic mass is 10.0. The summed E-state index contributed by atoms with van der Waals surface area (Å²) in [6, 6.07) is 17.6. The molecule has 0 N–H and O–H groups in total. The van der Waals surface area contributed by atoms with Crippen LogP contribution in [0.5, 0.6) is 0 Å². The first-order valence-corrected chi connectivity index (χ1v) is 9.46. The number of likely N-dealkylation sites (N-methyl/N-ethyl adjacent to an activating group) is 1. The molecule has 140 valence electrons. The number of hydrogen-bond acceptors (Lipinski definition) is 4. The van der Waals surface area contributed by atoms with E-state index in [4.69, 9.17) is 9.72 Å². The number of para-hydroxylation sites is 2. The Morgan fingerprint density at radius 3 is 2.63 bits per heavy atom. The van der Waals surface area contributed by atoms with Gasteiger partial charge in [-0.1, -0.05) is 42.5 Å². The molecule has 5 heteroatoms. The van der Waals surface area contributed by atoms with Gasteiger partial charge in [0.25, 0.3) is 0 Å². The number of imidazole rings is 1. The van der Waals surface area contributed by atoms with Crippen LogP contribution < -0.4 is 0 Å². The SMILES string of the molecule is CN(C)[C@@H](C(=O)Cn1c([C@@H]2CCCO2)nc2ccccc21)c1ccccc1. The molecule has 0 spiro atoms. The number of carbonyl (C=O) groups is 1. The number of benzene rings is 2. The molecule has 2 aromatic carbocycles. The van der Waals surface area contributed by atoms with Gasteiger partial charge in [-0.25, -0.2) is 4.98 Å². The summed E-state index contributed by atoms with van der Waals surface area (Å²) in [5, 5.41) is 0. The lowest BCUT2D eigenvalue weighted by Crippen LogP contribution is -2.31. The summed E-state index contributed by atoms with van der Waals surface area (Å²) >= 11 is 0. The Hall–Kier alpha value is -2.50. The molecule has 1 fully saturated rings. The molecule has 2 heterocycles. The fraction of sp³-hybridized carbons (Fsp3) is 0.364. The molecule has 1 saturated heterocycles. The first-order chi connectivity index (χ1) is 13.1. The Balaban J connectivity index is 1.71. The van der Waals surface area contributed by atoms with Crippen LogP contribution in [0, 0.1) is 0 Å².